The molecule has 1 aromatic heterocycles. The number of aromatic nitrogens is 1. The molecule has 1 unspecified atom stereocenters. The van der Waals surface area contributed by atoms with Crippen molar-refractivity contribution in [1.82, 2.24) is 4.98 Å². The average molecular weight is 180 g/mol. The molecule has 0 radical (unpaired) electrons. The summed E-state index contributed by atoms with van der Waals surface area (Å²) < 4.78 is 10.7. The Morgan fingerprint density at radius 1 is 1.33 bits per heavy atom. The monoisotopic (exact) mass is 180 g/mol. The number of hydrogen-bond acceptors (Lipinski definition) is 1. The van der Waals surface area contributed by atoms with Gasteiger partial charge in [0.15, 0.2) is 0 Å². The van der Waals surface area contributed by atoms with Crippen LogP contribution in [0.3, 0.4) is 0 Å². The lowest BCUT2D eigenvalue weighted by molar-refractivity contribution is 0.512. The Bertz CT molecular complexity index is 402. The van der Waals surface area contributed by atoms with Crippen LogP contribution >= 0.6 is 8.03 Å². The number of nitrogens with one attached hydrogen (secondary N) is 1. The smallest absolute Gasteiger partial charge is 0.314 e. The van der Waals surface area contributed by atoms with E-state index in [9.17, 15) is 4.57 Å². The van der Waals surface area contributed by atoms with Gasteiger partial charge in [0, 0.05) is 17.0 Å². The van der Waals surface area contributed by atoms with Crippen LogP contribution in [0.15, 0.2) is 30.3 Å². The molecule has 0 saturated carbocycles. The summed E-state index contributed by atoms with van der Waals surface area (Å²) in [5.41, 5.74) is 1.27. The van der Waals surface area contributed by atoms with Crippen molar-refractivity contribution in [3.05, 3.63) is 30.3 Å². The van der Waals surface area contributed by atoms with Gasteiger partial charge in [-0.05, 0) is 10.6 Å². The third-order valence-electron chi connectivity index (χ3n) is 1.72. The van der Waals surface area contributed by atoms with Gasteiger partial charge in [-0.15, -0.1) is 0 Å². The highest BCUT2D eigenvalue weighted by Crippen LogP contribution is 2.17. The number of fused-ring (bicyclic) bond motifs is 1. The standard InChI is InChI=1S/C8H6NO2P/c10-12(11)8-5-6-3-1-2-4-7(6)9-8/h1-5,9H/p+1. The van der Waals surface area contributed by atoms with Gasteiger partial charge in [-0.3, -0.25) is 0 Å². The lowest BCUT2D eigenvalue weighted by atomic mass is 10.3. The van der Waals surface area contributed by atoms with E-state index >= 15 is 0 Å². The van der Waals surface area contributed by atoms with Crippen LogP contribution in [0.25, 0.3) is 10.9 Å². The summed E-state index contributed by atoms with van der Waals surface area (Å²) in [4.78, 5) is 11.7. The Labute approximate surface area is 69.9 Å². The molecule has 0 fully saturated rings. The van der Waals surface area contributed by atoms with Gasteiger partial charge in [0.1, 0.15) is 0 Å². The number of aromatic amines is 1. The molecule has 0 amide bonds. The second-order valence-corrected chi connectivity index (χ2v) is 3.54. The fourth-order valence-electron chi connectivity index (χ4n) is 1.16. The minimum Gasteiger partial charge on any atom is -0.314 e. The molecule has 0 saturated heterocycles. The minimum atomic E-state index is -2.25. The molecular formula is C8H7NO2P+. The van der Waals surface area contributed by atoms with Crippen LogP contribution in [0.4, 0.5) is 0 Å². The molecule has 0 aliphatic carbocycles. The Hall–Kier alpha value is -1.18. The fraction of sp³-hybridized carbons (Fsp3) is 0. The maximum Gasteiger partial charge on any atom is 0.564 e. The molecule has 2 N–H and O–H groups in total. The van der Waals surface area contributed by atoms with Crippen LogP contribution in [0, 0.1) is 0 Å². The third-order valence-corrected chi connectivity index (χ3v) is 2.37. The van der Waals surface area contributed by atoms with Gasteiger partial charge in [0.2, 0.25) is 0 Å². The molecule has 2 rings (SSSR count). The quantitative estimate of drug-likeness (QED) is 0.654. The molecule has 4 heteroatoms. The predicted octanol–water partition coefficient (Wildman–Crippen LogP) is 1.53. The van der Waals surface area contributed by atoms with Crippen molar-refractivity contribution in [1.29, 1.82) is 0 Å². The van der Waals surface area contributed by atoms with Crippen molar-refractivity contribution in [2.24, 2.45) is 0 Å². The van der Waals surface area contributed by atoms with Crippen molar-refractivity contribution < 1.29 is 9.46 Å². The van der Waals surface area contributed by atoms with Crippen LogP contribution in [0.1, 0.15) is 0 Å². The van der Waals surface area contributed by atoms with E-state index in [1.807, 2.05) is 24.3 Å². The zero-order valence-corrected chi connectivity index (χ0v) is 7.08. The lowest BCUT2D eigenvalue weighted by Gasteiger charge is -1.82. The SMILES string of the molecule is O=[P+](O)c1cc2ccccc2[nH]1. The van der Waals surface area contributed by atoms with E-state index in [-0.39, 0.29) is 0 Å². The first-order chi connectivity index (χ1) is 5.77. The molecule has 12 heavy (non-hydrogen) atoms. The van der Waals surface area contributed by atoms with Crippen molar-refractivity contribution in [2.45, 2.75) is 0 Å². The van der Waals surface area contributed by atoms with E-state index in [0.717, 1.165) is 10.9 Å². The minimum absolute atomic E-state index is 0.381. The molecule has 0 aliphatic heterocycles. The number of benzene rings is 1. The molecule has 0 aliphatic rings. The molecule has 0 bridgehead atoms. The summed E-state index contributed by atoms with van der Waals surface area (Å²) in [6, 6.07) is 9.23. The predicted molar refractivity (Wildman–Crippen MR) is 47.8 cm³/mol. The largest absolute Gasteiger partial charge is 0.564 e. The second kappa shape index (κ2) is 2.70. The van der Waals surface area contributed by atoms with Gasteiger partial charge >= 0.3 is 8.03 Å². The zero-order valence-electron chi connectivity index (χ0n) is 6.19. The Kier molecular flexibility index (Phi) is 1.68. The molecule has 1 aromatic carbocycles. The second-order valence-electron chi connectivity index (χ2n) is 2.51. The number of para-hydroxylation sites is 1. The van der Waals surface area contributed by atoms with Crippen LogP contribution in [-0.4, -0.2) is 9.88 Å². The topological polar surface area (TPSA) is 53.1 Å². The summed E-state index contributed by atoms with van der Waals surface area (Å²) >= 11 is 0. The fourth-order valence-corrected chi connectivity index (χ4v) is 1.63. The molecule has 2 aromatic rings. The van der Waals surface area contributed by atoms with Crippen LogP contribution in [0.2, 0.25) is 0 Å². The number of hydrogen-bond donors (Lipinski definition) is 2. The van der Waals surface area contributed by atoms with Gasteiger partial charge in [0.05, 0.1) is 0 Å². The van der Waals surface area contributed by atoms with Gasteiger partial charge in [-0.1, -0.05) is 18.2 Å². The number of H-pyrrole nitrogens is 1. The van der Waals surface area contributed by atoms with Crippen molar-refractivity contribution in [3.8, 4) is 0 Å². The van der Waals surface area contributed by atoms with E-state index in [4.69, 9.17) is 4.89 Å². The zero-order chi connectivity index (χ0) is 8.55. The first-order valence-electron chi connectivity index (χ1n) is 3.51. The van der Waals surface area contributed by atoms with Crippen molar-refractivity contribution in [3.63, 3.8) is 0 Å². The lowest BCUT2D eigenvalue weighted by Crippen LogP contribution is -1.93. The normalized spacial score (nSPS) is 11.9. The molecule has 0 spiro atoms. The Morgan fingerprint density at radius 2 is 2.08 bits per heavy atom. The summed E-state index contributed by atoms with van der Waals surface area (Å²) in [6.45, 7) is 0. The first-order valence-corrected chi connectivity index (χ1v) is 4.72. The summed E-state index contributed by atoms with van der Waals surface area (Å²) in [5, 5.41) is 0.963. The molecular weight excluding hydrogens is 173 g/mol. The van der Waals surface area contributed by atoms with Gasteiger partial charge in [0.25, 0.3) is 5.44 Å². The van der Waals surface area contributed by atoms with E-state index in [2.05, 4.69) is 4.98 Å². The van der Waals surface area contributed by atoms with Crippen LogP contribution in [-0.2, 0) is 4.57 Å². The van der Waals surface area contributed by atoms with Crippen LogP contribution < -0.4 is 5.44 Å². The first kappa shape index (κ1) is 7.47. The van der Waals surface area contributed by atoms with Crippen molar-refractivity contribution in [2.75, 3.05) is 0 Å². The number of rotatable bonds is 1. The summed E-state index contributed by atoms with van der Waals surface area (Å²) in [5.74, 6) is 0. The van der Waals surface area contributed by atoms with E-state index < -0.39 is 8.03 Å². The maximum atomic E-state index is 10.7. The van der Waals surface area contributed by atoms with E-state index in [0.29, 0.717) is 5.44 Å². The maximum absolute atomic E-state index is 10.7. The van der Waals surface area contributed by atoms with Gasteiger partial charge in [-0.25, -0.2) is 0 Å². The highest BCUT2D eigenvalue weighted by Gasteiger charge is 2.18. The Balaban J connectivity index is 2.70. The van der Waals surface area contributed by atoms with Crippen molar-refractivity contribution >= 4 is 24.4 Å². The highest BCUT2D eigenvalue weighted by atomic mass is 31.1. The molecule has 1 heterocycles. The highest BCUT2D eigenvalue weighted by molar-refractivity contribution is 7.47. The van der Waals surface area contributed by atoms with Gasteiger partial charge < -0.3 is 4.98 Å². The van der Waals surface area contributed by atoms with Crippen LogP contribution in [0.5, 0.6) is 0 Å². The van der Waals surface area contributed by atoms with E-state index in [1.165, 1.54) is 0 Å². The summed E-state index contributed by atoms with van der Waals surface area (Å²) in [6.07, 6.45) is 0. The molecule has 60 valence electrons. The summed E-state index contributed by atoms with van der Waals surface area (Å²) in [7, 11) is -2.25. The molecule has 3 nitrogen and oxygen atoms in total. The third kappa shape index (κ3) is 1.13. The van der Waals surface area contributed by atoms with Gasteiger partial charge in [-0.2, -0.15) is 4.89 Å². The van der Waals surface area contributed by atoms with E-state index in [1.54, 1.807) is 6.07 Å². The molecule has 1 atom stereocenters. The Morgan fingerprint density at radius 3 is 2.75 bits per heavy atom. The average Bonchev–Trinajstić information content (AvgIpc) is 2.46.